The summed E-state index contributed by atoms with van der Waals surface area (Å²) in [6.07, 6.45) is 2.94. The number of sulfone groups is 1. The number of nitrogens with one attached hydrogen (secondary N) is 2. The molecular weight excluding hydrogens is 536 g/mol. The van der Waals surface area contributed by atoms with Gasteiger partial charge in [-0.3, -0.25) is 4.98 Å². The SMILES string of the molecule is CCC(C)(C)Nc1nc(C)c(-c2nc3c(C4CC4)nccc3s2)c(NC2C[C@H](CS(=O)(=O)CC)[C@@H](O)[C@H]2O)n1. The maximum Gasteiger partial charge on any atom is 0.225 e. The van der Waals surface area contributed by atoms with E-state index in [1.165, 1.54) is 0 Å². The second-order valence-electron chi connectivity index (χ2n) is 11.5. The molecule has 2 aliphatic carbocycles. The van der Waals surface area contributed by atoms with E-state index >= 15 is 0 Å². The molecule has 39 heavy (non-hydrogen) atoms. The summed E-state index contributed by atoms with van der Waals surface area (Å²) >= 11 is 1.55. The van der Waals surface area contributed by atoms with E-state index in [1.807, 2.05) is 19.2 Å². The largest absolute Gasteiger partial charge is 0.390 e. The van der Waals surface area contributed by atoms with E-state index in [0.717, 1.165) is 51.4 Å². The van der Waals surface area contributed by atoms with E-state index in [9.17, 15) is 18.6 Å². The van der Waals surface area contributed by atoms with Crippen LogP contribution in [0.4, 0.5) is 11.8 Å². The summed E-state index contributed by atoms with van der Waals surface area (Å²) in [4.78, 5) is 19.2. The first kappa shape index (κ1) is 28.1. The molecule has 0 bridgehead atoms. The molecule has 4 atom stereocenters. The van der Waals surface area contributed by atoms with Crippen LogP contribution in [0.15, 0.2) is 12.3 Å². The number of aliphatic hydroxyl groups excluding tert-OH is 2. The lowest BCUT2D eigenvalue weighted by atomic mass is 10.0. The van der Waals surface area contributed by atoms with Crippen molar-refractivity contribution in [1.29, 1.82) is 0 Å². The quantitative estimate of drug-likeness (QED) is 0.281. The van der Waals surface area contributed by atoms with Crippen molar-refractivity contribution in [2.75, 3.05) is 22.1 Å². The minimum Gasteiger partial charge on any atom is -0.390 e. The Morgan fingerprint density at radius 3 is 2.54 bits per heavy atom. The number of anilines is 2. The van der Waals surface area contributed by atoms with Gasteiger partial charge in [0.25, 0.3) is 0 Å². The number of thiazole rings is 1. The van der Waals surface area contributed by atoms with Gasteiger partial charge < -0.3 is 20.8 Å². The normalized spacial score (nSPS) is 23.9. The van der Waals surface area contributed by atoms with Crippen molar-refractivity contribution in [3.05, 3.63) is 23.7 Å². The number of aryl methyl sites for hydroxylation is 1. The number of nitrogens with zero attached hydrogens (tertiary/aromatic N) is 4. The van der Waals surface area contributed by atoms with E-state index in [2.05, 4.69) is 36.4 Å². The zero-order valence-corrected chi connectivity index (χ0v) is 24.7. The van der Waals surface area contributed by atoms with Gasteiger partial charge in [0.2, 0.25) is 5.95 Å². The van der Waals surface area contributed by atoms with Crippen molar-refractivity contribution in [3.63, 3.8) is 0 Å². The van der Waals surface area contributed by atoms with Crippen molar-refractivity contribution in [1.82, 2.24) is 19.9 Å². The van der Waals surface area contributed by atoms with E-state index in [-0.39, 0.29) is 17.0 Å². The van der Waals surface area contributed by atoms with E-state index in [4.69, 9.17) is 15.0 Å². The number of rotatable bonds is 10. The first-order chi connectivity index (χ1) is 18.4. The van der Waals surface area contributed by atoms with Crippen molar-refractivity contribution in [3.8, 4) is 10.6 Å². The number of hydrogen-bond acceptors (Lipinski definition) is 11. The maximum absolute atomic E-state index is 12.3. The van der Waals surface area contributed by atoms with Gasteiger partial charge in [-0.25, -0.2) is 18.4 Å². The Labute approximate surface area is 233 Å². The van der Waals surface area contributed by atoms with Crippen LogP contribution in [0.1, 0.15) is 70.7 Å². The van der Waals surface area contributed by atoms with Crippen LogP contribution in [0.5, 0.6) is 0 Å². The topological polar surface area (TPSA) is 150 Å². The maximum atomic E-state index is 12.3. The Bertz CT molecular complexity index is 1470. The van der Waals surface area contributed by atoms with Crippen LogP contribution >= 0.6 is 11.3 Å². The van der Waals surface area contributed by atoms with Crippen LogP contribution in [-0.4, -0.2) is 73.9 Å². The molecule has 12 heteroatoms. The van der Waals surface area contributed by atoms with Crippen LogP contribution < -0.4 is 10.6 Å². The fourth-order valence-corrected chi connectivity index (χ4v) is 7.36. The summed E-state index contributed by atoms with van der Waals surface area (Å²) in [5, 5.41) is 29.1. The van der Waals surface area contributed by atoms with Gasteiger partial charge in [-0.05, 0) is 52.5 Å². The molecule has 3 aromatic heterocycles. The number of pyridine rings is 1. The molecule has 10 nitrogen and oxygen atoms in total. The highest BCUT2D eigenvalue weighted by molar-refractivity contribution is 7.91. The summed E-state index contributed by atoms with van der Waals surface area (Å²) in [5.41, 5.74) is 3.14. The molecule has 3 heterocycles. The minimum absolute atomic E-state index is 0.00276. The lowest BCUT2D eigenvalue weighted by Crippen LogP contribution is -2.36. The van der Waals surface area contributed by atoms with E-state index < -0.39 is 34.0 Å². The summed E-state index contributed by atoms with van der Waals surface area (Å²) in [6, 6.07) is 1.39. The summed E-state index contributed by atoms with van der Waals surface area (Å²) in [5.74, 6) is 0.657. The molecule has 2 fully saturated rings. The van der Waals surface area contributed by atoms with E-state index in [1.54, 1.807) is 18.3 Å². The molecule has 0 aromatic carbocycles. The second-order valence-corrected chi connectivity index (χ2v) is 14.9. The van der Waals surface area contributed by atoms with Crippen LogP contribution in [0, 0.1) is 12.8 Å². The Hall–Kier alpha value is -2.41. The van der Waals surface area contributed by atoms with Crippen LogP contribution in [0.3, 0.4) is 0 Å². The zero-order chi connectivity index (χ0) is 28.1. The van der Waals surface area contributed by atoms with Gasteiger partial charge in [0, 0.05) is 29.3 Å². The number of fused-ring (bicyclic) bond motifs is 1. The second kappa shape index (κ2) is 10.5. The monoisotopic (exact) mass is 574 g/mol. The Kier molecular flexibility index (Phi) is 7.60. The molecule has 0 amide bonds. The Morgan fingerprint density at radius 2 is 1.87 bits per heavy atom. The lowest BCUT2D eigenvalue weighted by Gasteiger charge is -2.26. The predicted molar refractivity (Wildman–Crippen MR) is 155 cm³/mol. The highest BCUT2D eigenvalue weighted by Gasteiger charge is 2.43. The molecule has 1 unspecified atom stereocenters. The lowest BCUT2D eigenvalue weighted by molar-refractivity contribution is 0.0216. The third-order valence-corrected chi connectivity index (χ3v) is 10.8. The molecule has 0 spiro atoms. The molecule has 5 rings (SSSR count). The standard InChI is InChI=1S/C27H38N6O4S2/c1-6-27(4,5)33-26-29-14(3)19(25-31-21-18(38-25)10-11-28-20(21)15-8-9-15)24(32-26)30-17-12-16(22(34)23(17)35)13-39(36,37)7-2/h10-11,15-17,22-23,34-35H,6-9,12-13H2,1-5H3,(H2,29,30,32,33)/t16-,17?,22-,23+/m1/s1. The van der Waals surface area contributed by atoms with Gasteiger partial charge in [0.1, 0.15) is 32.3 Å². The van der Waals surface area contributed by atoms with Gasteiger partial charge in [0.15, 0.2) is 0 Å². The highest BCUT2D eigenvalue weighted by Crippen LogP contribution is 2.44. The van der Waals surface area contributed by atoms with Gasteiger partial charge in [-0.1, -0.05) is 13.8 Å². The number of aliphatic hydroxyl groups is 2. The van der Waals surface area contributed by atoms with Crippen molar-refractivity contribution < 1.29 is 18.6 Å². The van der Waals surface area contributed by atoms with Crippen LogP contribution in [0.2, 0.25) is 0 Å². The van der Waals surface area contributed by atoms with Gasteiger partial charge in [-0.2, -0.15) is 4.98 Å². The van der Waals surface area contributed by atoms with E-state index in [0.29, 0.717) is 24.1 Å². The molecular formula is C27H38N6O4S2. The number of hydrogen-bond donors (Lipinski definition) is 4. The average Bonchev–Trinajstić information content (AvgIpc) is 3.58. The smallest absolute Gasteiger partial charge is 0.225 e. The minimum atomic E-state index is -3.31. The fraction of sp³-hybridized carbons (Fsp3) is 0.630. The van der Waals surface area contributed by atoms with Gasteiger partial charge in [-0.15, -0.1) is 11.3 Å². The molecule has 2 saturated carbocycles. The third kappa shape index (κ3) is 5.89. The molecule has 0 saturated heterocycles. The molecule has 212 valence electrons. The first-order valence-electron chi connectivity index (χ1n) is 13.7. The summed E-state index contributed by atoms with van der Waals surface area (Å²) < 4.78 is 25.6. The van der Waals surface area contributed by atoms with Crippen molar-refractivity contribution in [2.24, 2.45) is 5.92 Å². The summed E-state index contributed by atoms with van der Waals surface area (Å²) in [6.45, 7) is 9.73. The van der Waals surface area contributed by atoms with Gasteiger partial charge >= 0.3 is 0 Å². The third-order valence-electron chi connectivity index (χ3n) is 7.97. The first-order valence-corrected chi connectivity index (χ1v) is 16.3. The average molecular weight is 575 g/mol. The molecule has 0 radical (unpaired) electrons. The van der Waals surface area contributed by atoms with Crippen LogP contribution in [-0.2, 0) is 9.84 Å². The highest BCUT2D eigenvalue weighted by atomic mass is 32.2. The molecule has 4 N–H and O–H groups in total. The Morgan fingerprint density at radius 1 is 1.13 bits per heavy atom. The molecule has 3 aromatic rings. The zero-order valence-electron chi connectivity index (χ0n) is 23.1. The summed E-state index contributed by atoms with van der Waals surface area (Å²) in [7, 11) is -3.31. The fourth-order valence-electron chi connectivity index (χ4n) is 5.07. The van der Waals surface area contributed by atoms with Crippen LogP contribution in [0.25, 0.3) is 20.8 Å². The molecule has 2 aliphatic rings. The number of aromatic nitrogens is 4. The predicted octanol–water partition coefficient (Wildman–Crippen LogP) is 3.89. The Balaban J connectivity index is 1.54. The van der Waals surface area contributed by atoms with Crippen molar-refractivity contribution in [2.45, 2.75) is 90.0 Å². The van der Waals surface area contributed by atoms with Crippen molar-refractivity contribution >= 4 is 43.2 Å². The molecule has 0 aliphatic heterocycles. The van der Waals surface area contributed by atoms with Gasteiger partial charge in [0.05, 0.1) is 39.5 Å².